The molecule has 0 atom stereocenters. The van der Waals surface area contributed by atoms with E-state index in [0.717, 1.165) is 9.52 Å². The summed E-state index contributed by atoms with van der Waals surface area (Å²) in [6.45, 7) is 17.2. The maximum atomic E-state index is 2.26. The van der Waals surface area contributed by atoms with E-state index in [1.165, 1.54) is 54.9 Å². The number of benzene rings is 2. The van der Waals surface area contributed by atoms with Crippen LogP contribution in [0.15, 0.2) is 48.5 Å². The van der Waals surface area contributed by atoms with E-state index in [2.05, 4.69) is 103 Å². The minimum absolute atomic E-state index is 0. The summed E-state index contributed by atoms with van der Waals surface area (Å²) in [6.07, 6.45) is 0. The Bertz CT molecular complexity index is 872. The predicted octanol–water partition coefficient (Wildman–Crippen LogP) is 8.65. The molecule has 0 heterocycles. The molecule has 158 valence electrons. The summed E-state index contributed by atoms with van der Waals surface area (Å²) in [4.78, 5) is 0. The molecule has 0 spiro atoms. The smallest absolute Gasteiger partial charge is 0.358 e. The van der Waals surface area contributed by atoms with E-state index in [1.54, 1.807) is 0 Å². The van der Waals surface area contributed by atoms with E-state index in [1.807, 2.05) is 0 Å². The molecule has 0 aliphatic rings. The summed E-state index contributed by atoms with van der Waals surface area (Å²) < 4.78 is 0. The topological polar surface area (TPSA) is 0 Å². The van der Waals surface area contributed by atoms with Crippen LogP contribution in [0.25, 0.3) is 21.5 Å². The van der Waals surface area contributed by atoms with Crippen molar-refractivity contribution in [3.8, 4) is 0 Å². The van der Waals surface area contributed by atoms with Crippen LogP contribution in [0.2, 0.25) is 13.1 Å². The number of hydrogen-bond donors (Lipinski definition) is 0. The third kappa shape index (κ3) is 8.12. The van der Waals surface area contributed by atoms with Crippen LogP contribution in [0.1, 0.15) is 33.4 Å². The molecule has 0 saturated heterocycles. The Morgan fingerprint density at radius 3 is 1.10 bits per heavy atom. The van der Waals surface area contributed by atoms with Gasteiger partial charge in [-0.05, 0) is 27.7 Å². The molecule has 4 aromatic carbocycles. The van der Waals surface area contributed by atoms with Crippen LogP contribution in [0.3, 0.4) is 0 Å². The molecule has 0 N–H and O–H groups in total. The first-order valence-electron chi connectivity index (χ1n) is 9.62. The molecular weight excluding hydrogens is 456 g/mol. The van der Waals surface area contributed by atoms with Crippen LogP contribution in [0.4, 0.5) is 0 Å². The molecule has 4 rings (SSSR count). The Balaban J connectivity index is 0. The van der Waals surface area contributed by atoms with Crippen molar-refractivity contribution >= 4 is 31.1 Å². The summed E-state index contributed by atoms with van der Waals surface area (Å²) in [6, 6.07) is 18.0. The molecule has 0 aliphatic heterocycles. The molecule has 30 heavy (non-hydrogen) atoms. The van der Waals surface area contributed by atoms with E-state index >= 15 is 0 Å². The minimum Gasteiger partial charge on any atom is -0.358 e. The average Bonchev–Trinajstić information content (AvgIpc) is 3.10. The number of aryl methyl sites for hydroxylation is 6. The van der Waals surface area contributed by atoms with Crippen LogP contribution in [-0.2, 0) is 26.2 Å². The van der Waals surface area contributed by atoms with Crippen molar-refractivity contribution in [2.75, 3.05) is 0 Å². The van der Waals surface area contributed by atoms with Gasteiger partial charge in [-0.2, -0.15) is 12.1 Å². The maximum Gasteiger partial charge on any atom is 4.00 e. The van der Waals surface area contributed by atoms with Crippen molar-refractivity contribution in [1.29, 1.82) is 0 Å². The fraction of sp³-hybridized carbons (Fsp3) is 0.286. The van der Waals surface area contributed by atoms with Gasteiger partial charge in [0.15, 0.2) is 0 Å². The summed E-state index contributed by atoms with van der Waals surface area (Å²) >= 11 is 0. The fourth-order valence-corrected chi connectivity index (χ4v) is 3.29. The molecule has 0 fully saturated rings. The van der Waals surface area contributed by atoms with Gasteiger partial charge in [-0.3, -0.25) is 0 Å². The SMILES string of the molecule is C[Si]C.Cc1cc2cc(C)c(C)cc2[cH-]1.Cc1cc2cc(C)c(C)cc2[cH-]1.[CH3-].[CH3-].[Zr+4]. The molecular formula is C28H38SiZr. The first-order chi connectivity index (χ1) is 12.7. The molecule has 0 amide bonds. The molecule has 0 bridgehead atoms. The molecule has 0 unspecified atom stereocenters. The second-order valence-corrected chi connectivity index (χ2v) is 8.70. The van der Waals surface area contributed by atoms with E-state index in [4.69, 9.17) is 0 Å². The minimum atomic E-state index is 0. The van der Waals surface area contributed by atoms with Crippen LogP contribution < -0.4 is 0 Å². The van der Waals surface area contributed by atoms with Crippen molar-refractivity contribution < 1.29 is 26.2 Å². The largest absolute Gasteiger partial charge is 4.00 e. The molecule has 2 heteroatoms. The van der Waals surface area contributed by atoms with Gasteiger partial charge in [-0.15, -0.1) is 69.1 Å². The van der Waals surface area contributed by atoms with Gasteiger partial charge < -0.3 is 14.9 Å². The second kappa shape index (κ2) is 13.9. The average molecular weight is 494 g/mol. The van der Waals surface area contributed by atoms with E-state index in [0.29, 0.717) is 0 Å². The standard InChI is InChI=1S/2C12H13.C2H6Si.2CH3.Zr/c2*1-8-4-11-6-9(2)10(3)7-12(11)5-8;1-3-2;;;/h2*4-7H,1-3H3;1-2H3;2*1H3;/q2*-1;;2*-1;+4. The van der Waals surface area contributed by atoms with Crippen molar-refractivity contribution in [2.45, 2.75) is 54.6 Å². The zero-order valence-corrected chi connectivity index (χ0v) is 24.1. The molecule has 0 aromatic heterocycles. The third-order valence-corrected chi connectivity index (χ3v) is 4.93. The van der Waals surface area contributed by atoms with Crippen LogP contribution in [-0.4, -0.2) is 9.52 Å². The van der Waals surface area contributed by atoms with E-state index < -0.39 is 0 Å². The van der Waals surface area contributed by atoms with Gasteiger partial charge in [-0.25, -0.2) is 0 Å². The first-order valence-corrected chi connectivity index (χ1v) is 11.6. The van der Waals surface area contributed by atoms with Crippen LogP contribution in [0.5, 0.6) is 0 Å². The summed E-state index contributed by atoms with van der Waals surface area (Å²) in [5.41, 5.74) is 8.24. The van der Waals surface area contributed by atoms with Gasteiger partial charge in [0.05, 0.1) is 0 Å². The monoisotopic (exact) mass is 492 g/mol. The summed E-state index contributed by atoms with van der Waals surface area (Å²) in [5, 5.41) is 5.48. The Labute approximate surface area is 207 Å². The zero-order chi connectivity index (χ0) is 20.1. The quantitative estimate of drug-likeness (QED) is 0.170. The molecule has 0 saturated carbocycles. The second-order valence-electron chi connectivity index (χ2n) is 7.70. The summed E-state index contributed by atoms with van der Waals surface area (Å²) in [7, 11) is 1.08. The van der Waals surface area contributed by atoms with Gasteiger partial charge in [-0.1, -0.05) is 49.2 Å². The Morgan fingerprint density at radius 1 is 0.533 bits per heavy atom. The fourth-order valence-electron chi connectivity index (χ4n) is 3.29. The Morgan fingerprint density at radius 2 is 0.800 bits per heavy atom. The van der Waals surface area contributed by atoms with E-state index in [-0.39, 0.29) is 41.1 Å². The zero-order valence-electron chi connectivity index (χ0n) is 20.6. The van der Waals surface area contributed by atoms with Crippen LogP contribution >= 0.6 is 0 Å². The first kappa shape index (κ1) is 30.9. The van der Waals surface area contributed by atoms with Crippen molar-refractivity contribution in [3.05, 3.63) is 96.8 Å². The van der Waals surface area contributed by atoms with Crippen molar-refractivity contribution in [1.82, 2.24) is 0 Å². The molecule has 0 aliphatic carbocycles. The van der Waals surface area contributed by atoms with Crippen molar-refractivity contribution in [2.24, 2.45) is 0 Å². The normalized spacial score (nSPS) is 9.33. The van der Waals surface area contributed by atoms with Gasteiger partial charge >= 0.3 is 26.2 Å². The molecule has 4 aromatic rings. The van der Waals surface area contributed by atoms with Crippen molar-refractivity contribution in [3.63, 3.8) is 0 Å². The maximum absolute atomic E-state index is 2.26. The molecule has 0 nitrogen and oxygen atoms in total. The molecule has 2 radical (unpaired) electrons. The van der Waals surface area contributed by atoms with E-state index in [9.17, 15) is 0 Å². The Hall–Kier alpha value is -1.24. The van der Waals surface area contributed by atoms with Gasteiger partial charge in [0.25, 0.3) is 0 Å². The van der Waals surface area contributed by atoms with Gasteiger partial charge in [0.1, 0.15) is 0 Å². The van der Waals surface area contributed by atoms with Gasteiger partial charge in [0, 0.05) is 9.52 Å². The predicted molar refractivity (Wildman–Crippen MR) is 138 cm³/mol. The Kier molecular flexibility index (Phi) is 14.4. The number of fused-ring (bicyclic) bond motifs is 2. The van der Waals surface area contributed by atoms with Gasteiger partial charge in [0.2, 0.25) is 0 Å². The number of hydrogen-bond acceptors (Lipinski definition) is 0. The summed E-state index contributed by atoms with van der Waals surface area (Å²) in [5.74, 6) is 0. The third-order valence-electron chi connectivity index (χ3n) is 4.93. The number of rotatable bonds is 0. The van der Waals surface area contributed by atoms with Crippen LogP contribution in [0, 0.1) is 56.4 Å².